The minimum Gasteiger partial charge on any atom is -0.337 e. The van der Waals surface area contributed by atoms with Crippen molar-refractivity contribution in [3.8, 4) is 16.3 Å². The van der Waals surface area contributed by atoms with E-state index in [9.17, 15) is 9.59 Å². The maximum absolute atomic E-state index is 12.9. The van der Waals surface area contributed by atoms with Crippen molar-refractivity contribution in [2.75, 3.05) is 11.9 Å². The van der Waals surface area contributed by atoms with Crippen LogP contribution in [0.15, 0.2) is 64.8 Å². The molecule has 0 aliphatic carbocycles. The topological polar surface area (TPSA) is 81.0 Å². The number of aryl methyl sites for hydroxylation is 1. The number of para-hydroxylation sites is 1. The third kappa shape index (κ3) is 4.50. The number of rotatable bonds is 6. The summed E-state index contributed by atoms with van der Waals surface area (Å²) < 4.78 is 3.27. The van der Waals surface area contributed by atoms with E-state index in [2.05, 4.69) is 46.8 Å². The van der Waals surface area contributed by atoms with E-state index in [0.29, 0.717) is 18.7 Å². The van der Waals surface area contributed by atoms with Gasteiger partial charge in [-0.1, -0.05) is 48.0 Å². The van der Waals surface area contributed by atoms with E-state index in [-0.39, 0.29) is 11.2 Å². The molecule has 4 aromatic rings. The Kier molecular flexibility index (Phi) is 6.23. The van der Waals surface area contributed by atoms with Crippen LogP contribution < -0.4 is 16.2 Å². The van der Waals surface area contributed by atoms with Gasteiger partial charge in [-0.15, -0.1) is 11.3 Å². The van der Waals surface area contributed by atoms with Crippen LogP contribution in [-0.2, 0) is 13.5 Å². The number of hydrogen-bond acceptors (Lipinski definition) is 4. The molecule has 0 aliphatic rings. The molecular formula is C24H25N5O2S. The first-order valence-corrected chi connectivity index (χ1v) is 11.2. The first kappa shape index (κ1) is 21.6. The van der Waals surface area contributed by atoms with E-state index < -0.39 is 6.03 Å². The molecule has 0 fully saturated rings. The van der Waals surface area contributed by atoms with Crippen LogP contribution in [0, 0.1) is 13.8 Å². The number of urea groups is 1. The molecule has 0 unspecified atom stereocenters. The van der Waals surface area contributed by atoms with Crippen LogP contribution in [0.5, 0.6) is 0 Å². The summed E-state index contributed by atoms with van der Waals surface area (Å²) in [7, 11) is 1.79. The summed E-state index contributed by atoms with van der Waals surface area (Å²) in [4.78, 5) is 30.0. The van der Waals surface area contributed by atoms with E-state index in [1.807, 2.05) is 35.7 Å². The highest BCUT2D eigenvalue weighted by Gasteiger charge is 2.18. The third-order valence-electron chi connectivity index (χ3n) is 5.31. The summed E-state index contributed by atoms with van der Waals surface area (Å²) in [6.07, 6.45) is 0.609. The van der Waals surface area contributed by atoms with Crippen LogP contribution in [0.2, 0.25) is 0 Å². The van der Waals surface area contributed by atoms with E-state index in [1.54, 1.807) is 30.0 Å². The molecular weight excluding hydrogens is 422 g/mol. The van der Waals surface area contributed by atoms with Gasteiger partial charge in [0.25, 0.3) is 5.56 Å². The van der Waals surface area contributed by atoms with Crippen molar-refractivity contribution in [2.45, 2.75) is 20.3 Å². The van der Waals surface area contributed by atoms with Crippen LogP contribution in [-0.4, -0.2) is 26.9 Å². The van der Waals surface area contributed by atoms with Crippen LogP contribution in [0.4, 0.5) is 10.5 Å². The molecule has 0 saturated heterocycles. The van der Waals surface area contributed by atoms with Gasteiger partial charge in [0.1, 0.15) is 10.7 Å². The average Bonchev–Trinajstić information content (AvgIpc) is 3.34. The maximum atomic E-state index is 12.9. The zero-order chi connectivity index (χ0) is 22.7. The minimum atomic E-state index is -0.412. The number of aromatic nitrogens is 3. The second kappa shape index (κ2) is 9.23. The van der Waals surface area contributed by atoms with Crippen molar-refractivity contribution >= 4 is 23.1 Å². The van der Waals surface area contributed by atoms with Gasteiger partial charge < -0.3 is 10.6 Å². The molecule has 164 valence electrons. The molecule has 8 heteroatoms. The number of amides is 2. The Labute approximate surface area is 190 Å². The number of nitrogens with one attached hydrogen (secondary N) is 2. The lowest BCUT2D eigenvalue weighted by Crippen LogP contribution is -2.32. The van der Waals surface area contributed by atoms with Crippen molar-refractivity contribution in [2.24, 2.45) is 7.05 Å². The van der Waals surface area contributed by atoms with E-state index >= 15 is 0 Å². The fourth-order valence-corrected chi connectivity index (χ4v) is 4.28. The van der Waals surface area contributed by atoms with Gasteiger partial charge >= 0.3 is 6.03 Å². The van der Waals surface area contributed by atoms with Crippen molar-refractivity contribution in [3.63, 3.8) is 0 Å². The predicted octanol–water partition coefficient (Wildman–Crippen LogP) is 4.28. The molecule has 0 radical (unpaired) electrons. The number of carbonyl (C=O) groups is 1. The van der Waals surface area contributed by atoms with E-state index in [0.717, 1.165) is 22.0 Å². The number of carbonyl (C=O) groups excluding carboxylic acids is 1. The van der Waals surface area contributed by atoms with Gasteiger partial charge in [-0.2, -0.15) is 0 Å². The van der Waals surface area contributed by atoms with Crippen molar-refractivity contribution in [3.05, 3.63) is 87.3 Å². The standard InChI is InChI=1S/C24H25N5O2S/c1-16-9-11-18(12-10-16)22-26-19(15-32-22)13-14-25-24(31)27-21-17(2)28(3)29(23(21)30)20-7-5-4-6-8-20/h4-12,15H,13-14H2,1-3H3,(H2,25,27,31). The Balaban J connectivity index is 1.37. The Morgan fingerprint density at radius 1 is 1.06 bits per heavy atom. The fraction of sp³-hybridized carbons (Fsp3) is 0.208. The molecule has 2 aromatic heterocycles. The quantitative estimate of drug-likeness (QED) is 0.463. The van der Waals surface area contributed by atoms with Crippen molar-refractivity contribution in [1.29, 1.82) is 0 Å². The number of nitrogens with zero attached hydrogens (tertiary/aromatic N) is 3. The molecule has 0 saturated carbocycles. The van der Waals surface area contributed by atoms with Gasteiger partial charge in [0, 0.05) is 31.0 Å². The first-order valence-electron chi connectivity index (χ1n) is 10.3. The molecule has 0 spiro atoms. The monoisotopic (exact) mass is 447 g/mol. The number of thiazole rings is 1. The lowest BCUT2D eigenvalue weighted by molar-refractivity contribution is 0.252. The van der Waals surface area contributed by atoms with Gasteiger partial charge in [0.2, 0.25) is 0 Å². The van der Waals surface area contributed by atoms with E-state index in [1.165, 1.54) is 10.2 Å². The SMILES string of the molecule is Cc1ccc(-c2nc(CCNC(=O)Nc3c(C)n(C)n(-c4ccccc4)c3=O)cs2)cc1. The van der Waals surface area contributed by atoms with Crippen LogP contribution in [0.3, 0.4) is 0 Å². The van der Waals surface area contributed by atoms with Gasteiger partial charge in [-0.3, -0.25) is 9.48 Å². The average molecular weight is 448 g/mol. The second-order valence-electron chi connectivity index (χ2n) is 7.58. The Hall–Kier alpha value is -3.65. The Morgan fingerprint density at radius 3 is 2.50 bits per heavy atom. The summed E-state index contributed by atoms with van der Waals surface area (Å²) in [5, 5.41) is 8.50. The molecule has 0 atom stereocenters. The van der Waals surface area contributed by atoms with Crippen LogP contribution >= 0.6 is 11.3 Å². The highest BCUT2D eigenvalue weighted by atomic mass is 32.1. The van der Waals surface area contributed by atoms with Gasteiger partial charge in [0.05, 0.1) is 17.1 Å². The largest absolute Gasteiger partial charge is 0.337 e. The summed E-state index contributed by atoms with van der Waals surface area (Å²) >= 11 is 1.59. The van der Waals surface area contributed by atoms with Gasteiger partial charge in [-0.05, 0) is 26.0 Å². The molecule has 4 rings (SSSR count). The molecule has 2 heterocycles. The highest BCUT2D eigenvalue weighted by Crippen LogP contribution is 2.24. The molecule has 2 aromatic carbocycles. The molecule has 32 heavy (non-hydrogen) atoms. The number of hydrogen-bond donors (Lipinski definition) is 2. The van der Waals surface area contributed by atoms with E-state index in [4.69, 9.17) is 0 Å². The predicted molar refractivity (Wildman–Crippen MR) is 129 cm³/mol. The lowest BCUT2D eigenvalue weighted by atomic mass is 10.2. The molecule has 7 nitrogen and oxygen atoms in total. The molecule has 0 bridgehead atoms. The summed E-state index contributed by atoms with van der Waals surface area (Å²) in [6, 6.07) is 17.2. The summed E-state index contributed by atoms with van der Waals surface area (Å²) in [5.74, 6) is 0. The van der Waals surface area contributed by atoms with Crippen LogP contribution in [0.25, 0.3) is 16.3 Å². The zero-order valence-corrected chi connectivity index (χ0v) is 19.1. The zero-order valence-electron chi connectivity index (χ0n) is 18.3. The highest BCUT2D eigenvalue weighted by molar-refractivity contribution is 7.13. The smallest absolute Gasteiger partial charge is 0.319 e. The summed E-state index contributed by atoms with van der Waals surface area (Å²) in [6.45, 7) is 4.28. The van der Waals surface area contributed by atoms with Gasteiger partial charge in [-0.25, -0.2) is 14.5 Å². The fourth-order valence-electron chi connectivity index (χ4n) is 3.42. The number of benzene rings is 2. The maximum Gasteiger partial charge on any atom is 0.319 e. The normalized spacial score (nSPS) is 10.8. The third-order valence-corrected chi connectivity index (χ3v) is 6.25. The van der Waals surface area contributed by atoms with Crippen molar-refractivity contribution in [1.82, 2.24) is 19.7 Å². The van der Waals surface area contributed by atoms with Gasteiger partial charge in [0.15, 0.2) is 0 Å². The Bertz CT molecular complexity index is 1290. The van der Waals surface area contributed by atoms with Crippen molar-refractivity contribution < 1.29 is 4.79 Å². The molecule has 2 N–H and O–H groups in total. The second-order valence-corrected chi connectivity index (χ2v) is 8.44. The first-order chi connectivity index (χ1) is 15.4. The number of anilines is 1. The minimum absolute atomic E-state index is 0.268. The molecule has 2 amide bonds. The molecule has 0 aliphatic heterocycles. The lowest BCUT2D eigenvalue weighted by Gasteiger charge is -2.07. The Morgan fingerprint density at radius 2 is 1.78 bits per heavy atom. The van der Waals surface area contributed by atoms with Crippen LogP contribution in [0.1, 0.15) is 17.0 Å². The summed E-state index contributed by atoms with van der Waals surface area (Å²) in [5.41, 5.74) is 4.64.